The van der Waals surface area contributed by atoms with E-state index in [0.717, 1.165) is 0 Å². The molecule has 0 heterocycles. The summed E-state index contributed by atoms with van der Waals surface area (Å²) < 4.78 is 137. The van der Waals surface area contributed by atoms with Crippen molar-refractivity contribution in [3.8, 4) is 0 Å². The first-order chi connectivity index (χ1) is 42.8. The monoisotopic (exact) mass is 1270 g/mol. The van der Waals surface area contributed by atoms with Crippen LogP contribution in [0.2, 0.25) is 0 Å². The molecule has 0 aliphatic rings. The van der Waals surface area contributed by atoms with Gasteiger partial charge < -0.3 is 118 Å². The van der Waals surface area contributed by atoms with Crippen LogP contribution in [-0.2, 0) is 128 Å². The fraction of sp³-hybridized carbons (Fsp3) is 0.967. The Morgan fingerprint density at radius 2 is 0.414 bits per heavy atom. The zero-order chi connectivity index (χ0) is 63.0. The minimum atomic E-state index is -0.514. The van der Waals surface area contributed by atoms with Gasteiger partial charge in [-0.3, -0.25) is 9.59 Å². The van der Waals surface area contributed by atoms with Crippen molar-refractivity contribution in [1.29, 1.82) is 0 Å². The fourth-order valence-electron chi connectivity index (χ4n) is 6.57. The van der Waals surface area contributed by atoms with Gasteiger partial charge in [-0.05, 0) is 33.6 Å². The number of hydrogen-bond donors (Lipinski definition) is 0. The molecule has 27 nitrogen and oxygen atoms in total. The zero-order valence-corrected chi connectivity index (χ0v) is 54.2. The van der Waals surface area contributed by atoms with Gasteiger partial charge in [-0.2, -0.15) is 0 Å². The maximum atomic E-state index is 12.3. The van der Waals surface area contributed by atoms with Crippen LogP contribution in [0.25, 0.3) is 0 Å². The summed E-state index contributed by atoms with van der Waals surface area (Å²) in [4.78, 5) is 24.2. The summed E-state index contributed by atoms with van der Waals surface area (Å²) in [6, 6.07) is 0. The molecular weight excluding hydrogens is 1150 g/mol. The molecule has 520 valence electrons. The molecule has 0 fully saturated rings. The highest BCUT2D eigenvalue weighted by molar-refractivity contribution is 5.81. The smallest absolute Gasteiger partial charge is 0.306 e. The lowest BCUT2D eigenvalue weighted by atomic mass is 9.97. The van der Waals surface area contributed by atoms with Gasteiger partial charge in [0.2, 0.25) is 0 Å². The van der Waals surface area contributed by atoms with Crippen molar-refractivity contribution in [2.75, 3.05) is 318 Å². The molecule has 0 aromatic heterocycles. The molecule has 0 aliphatic heterocycles. The van der Waals surface area contributed by atoms with Crippen molar-refractivity contribution in [1.82, 2.24) is 0 Å². The van der Waals surface area contributed by atoms with E-state index in [4.69, 9.17) is 118 Å². The first-order valence-corrected chi connectivity index (χ1v) is 31.3. The van der Waals surface area contributed by atoms with E-state index in [1.54, 1.807) is 7.11 Å². The van der Waals surface area contributed by atoms with Crippen molar-refractivity contribution >= 4 is 11.8 Å². The summed E-state index contributed by atoms with van der Waals surface area (Å²) >= 11 is 0. The molecule has 0 aromatic rings. The van der Waals surface area contributed by atoms with Gasteiger partial charge in [-0.25, -0.2) is 0 Å². The minimum absolute atomic E-state index is 0.136. The van der Waals surface area contributed by atoms with Crippen LogP contribution in [0.1, 0.15) is 53.4 Å². The number of hydrogen-bond acceptors (Lipinski definition) is 27. The molecule has 0 amide bonds. The lowest BCUT2D eigenvalue weighted by Gasteiger charge is -2.20. The fourth-order valence-corrected chi connectivity index (χ4v) is 6.57. The molecule has 0 aromatic carbocycles. The van der Waals surface area contributed by atoms with Gasteiger partial charge in [0.15, 0.2) is 0 Å². The van der Waals surface area contributed by atoms with Crippen LogP contribution in [0.5, 0.6) is 0 Å². The molecule has 0 aliphatic carbocycles. The number of carbonyl (C=O) groups is 2. The largest absolute Gasteiger partial charge is 0.460 e. The molecule has 0 radical (unpaired) electrons. The van der Waals surface area contributed by atoms with Gasteiger partial charge in [0, 0.05) is 32.5 Å². The van der Waals surface area contributed by atoms with E-state index in [9.17, 15) is 9.59 Å². The van der Waals surface area contributed by atoms with Gasteiger partial charge in [0.1, 0.15) is 11.4 Å². The third-order valence-corrected chi connectivity index (χ3v) is 11.1. The number of methoxy groups -OCH3 is 1. The van der Waals surface area contributed by atoms with Crippen molar-refractivity contribution in [3.05, 3.63) is 0 Å². The summed E-state index contributed by atoms with van der Waals surface area (Å²) in [5.41, 5.74) is -0.514. The van der Waals surface area contributed by atoms with E-state index >= 15 is 0 Å². The van der Waals surface area contributed by atoms with E-state index in [1.807, 2.05) is 27.7 Å². The van der Waals surface area contributed by atoms with Crippen LogP contribution in [0, 0.1) is 5.92 Å². The van der Waals surface area contributed by atoms with Crippen molar-refractivity contribution in [3.63, 3.8) is 0 Å². The number of esters is 1. The average molecular weight is 1270 g/mol. The van der Waals surface area contributed by atoms with Crippen LogP contribution < -0.4 is 0 Å². The van der Waals surface area contributed by atoms with Crippen LogP contribution in [-0.4, -0.2) is 335 Å². The Kier molecular flexibility index (Phi) is 71.7. The minimum Gasteiger partial charge on any atom is -0.460 e. The molecule has 0 bridgehead atoms. The highest BCUT2D eigenvalue weighted by Crippen LogP contribution is 2.14. The second-order valence-corrected chi connectivity index (χ2v) is 19.7. The average Bonchev–Trinajstić information content (AvgIpc) is 3.61. The molecule has 1 atom stereocenters. The Bertz CT molecular complexity index is 1340. The SMILES string of the molecule is COCCOCCOCCOCCOCCOCCOCCOCCOCCOCCOCCOCCOCCOCCOCCOCCOCCOCCOCCOCCOCCOCCOCCOCCCC(=O)C(C)CCC(=O)OC(C)(C)C. The highest BCUT2D eigenvalue weighted by atomic mass is 16.6. The Morgan fingerprint density at radius 1 is 0.253 bits per heavy atom. The van der Waals surface area contributed by atoms with Crippen LogP contribution >= 0.6 is 0 Å². The zero-order valence-electron chi connectivity index (χ0n) is 54.2. The molecule has 27 heteroatoms. The van der Waals surface area contributed by atoms with Crippen LogP contribution in [0.15, 0.2) is 0 Å². The normalized spacial score (nSPS) is 12.2. The number of Topliss-reactive ketones (excluding diaryl/α,β-unsaturated/α-hetero) is 1. The summed E-state index contributed by atoms with van der Waals surface area (Å²) in [5, 5.41) is 0. The van der Waals surface area contributed by atoms with Gasteiger partial charge in [0.05, 0.1) is 304 Å². The van der Waals surface area contributed by atoms with Gasteiger partial charge in [-0.15, -0.1) is 0 Å². The third kappa shape index (κ3) is 76.5. The van der Waals surface area contributed by atoms with E-state index in [1.165, 1.54) is 0 Å². The Balaban J connectivity index is 3.14. The van der Waals surface area contributed by atoms with Gasteiger partial charge in [0.25, 0.3) is 0 Å². The summed E-state index contributed by atoms with van der Waals surface area (Å²) in [7, 11) is 1.64. The number of carbonyl (C=O) groups excluding carboxylic acids is 2. The first-order valence-electron chi connectivity index (χ1n) is 31.3. The topological polar surface area (TPSA) is 265 Å². The number of ketones is 1. The highest BCUT2D eigenvalue weighted by Gasteiger charge is 2.19. The van der Waals surface area contributed by atoms with Crippen molar-refractivity contribution < 1.29 is 128 Å². The summed E-state index contributed by atoms with van der Waals surface area (Å²) in [6.07, 6.45) is 1.81. The quantitative estimate of drug-likeness (QED) is 0.0625. The molecule has 87 heavy (non-hydrogen) atoms. The summed E-state index contributed by atoms with van der Waals surface area (Å²) in [6.45, 7) is 30.4. The second kappa shape index (κ2) is 73.2. The number of ether oxygens (including phenoxy) is 25. The molecule has 0 saturated heterocycles. The van der Waals surface area contributed by atoms with Gasteiger partial charge in [-0.1, -0.05) is 6.92 Å². The van der Waals surface area contributed by atoms with E-state index in [-0.39, 0.29) is 24.1 Å². The number of rotatable bonds is 77. The third-order valence-electron chi connectivity index (χ3n) is 11.1. The molecule has 1 unspecified atom stereocenters. The van der Waals surface area contributed by atoms with E-state index < -0.39 is 5.60 Å². The molecule has 0 saturated carbocycles. The molecule has 0 N–H and O–H groups in total. The maximum Gasteiger partial charge on any atom is 0.306 e. The predicted molar refractivity (Wildman–Crippen MR) is 319 cm³/mol. The van der Waals surface area contributed by atoms with Crippen LogP contribution in [0.4, 0.5) is 0 Å². The van der Waals surface area contributed by atoms with E-state index in [0.29, 0.717) is 330 Å². The Labute approximate surface area is 520 Å². The lowest BCUT2D eigenvalue weighted by Crippen LogP contribution is -2.24. The molecular formula is C60H118O27. The lowest BCUT2D eigenvalue weighted by molar-refractivity contribution is -0.155. The van der Waals surface area contributed by atoms with E-state index in [2.05, 4.69) is 0 Å². The Hall–Kier alpha value is -1.82. The van der Waals surface area contributed by atoms with Crippen LogP contribution in [0.3, 0.4) is 0 Å². The molecule has 0 spiro atoms. The van der Waals surface area contributed by atoms with Crippen molar-refractivity contribution in [2.24, 2.45) is 5.92 Å². The Morgan fingerprint density at radius 3 is 0.575 bits per heavy atom. The summed E-state index contributed by atoms with van der Waals surface area (Å²) in [5.74, 6) is -0.315. The second-order valence-electron chi connectivity index (χ2n) is 19.7. The predicted octanol–water partition coefficient (Wildman–Crippen LogP) is 3.12. The standard InChI is InChI=1S/C60H118O27/c1-57(8-9-59(62)87-60(2,3)4)58(61)7-6-10-64-13-14-66-17-18-68-21-22-70-25-26-72-29-30-74-33-34-76-37-38-78-41-42-80-45-46-82-49-50-84-53-54-86-56-55-85-52-51-83-48-47-81-44-43-79-40-39-77-36-35-75-32-31-73-28-27-71-24-23-69-20-19-67-16-15-65-12-11-63-5/h57H,6-56H2,1-5H3. The van der Waals surface area contributed by atoms with Crippen molar-refractivity contribution in [2.45, 2.75) is 59.0 Å². The first kappa shape index (κ1) is 85.2. The maximum absolute atomic E-state index is 12.3. The van der Waals surface area contributed by atoms with Gasteiger partial charge >= 0.3 is 5.97 Å². The molecule has 0 rings (SSSR count).